The summed E-state index contributed by atoms with van der Waals surface area (Å²) in [7, 11) is 0. The Morgan fingerprint density at radius 3 is 2.67 bits per heavy atom. The Hall–Kier alpha value is -1.97. The third kappa shape index (κ3) is 7.07. The van der Waals surface area contributed by atoms with Gasteiger partial charge in [0.05, 0.1) is 13.2 Å². The molecule has 0 unspecified atom stereocenters. The quantitative estimate of drug-likeness (QED) is 0.669. The zero-order valence-corrected chi connectivity index (χ0v) is 14.9. The average Bonchev–Trinajstić information content (AvgIpc) is 2.60. The number of carbonyl (C=O) groups excluding carboxylic acids is 1. The summed E-state index contributed by atoms with van der Waals surface area (Å²) in [6.45, 7) is 5.99. The van der Waals surface area contributed by atoms with Crippen molar-refractivity contribution in [3.63, 3.8) is 0 Å². The number of rotatable bonds is 9. The number of hydrogen-bond donors (Lipinski definition) is 2. The third-order valence-corrected chi connectivity index (χ3v) is 4.04. The number of nitrogens with one attached hydrogen (secondary N) is 2. The second-order valence-corrected chi connectivity index (χ2v) is 6.79. The van der Waals surface area contributed by atoms with E-state index >= 15 is 0 Å². The predicted molar refractivity (Wildman–Crippen MR) is 99.4 cm³/mol. The Labute approximate surface area is 145 Å². The molecule has 132 valence electrons. The maximum atomic E-state index is 11.9. The summed E-state index contributed by atoms with van der Waals surface area (Å²) < 4.78 is 5.65. The highest BCUT2D eigenvalue weighted by atomic mass is 16.5. The van der Waals surface area contributed by atoms with E-state index in [9.17, 15) is 4.79 Å². The van der Waals surface area contributed by atoms with E-state index in [-0.39, 0.29) is 5.91 Å². The van der Waals surface area contributed by atoms with Gasteiger partial charge in [0, 0.05) is 12.2 Å². The molecule has 1 aromatic carbocycles. The van der Waals surface area contributed by atoms with Crippen molar-refractivity contribution in [2.75, 3.05) is 25.0 Å². The molecule has 2 N–H and O–H groups in total. The van der Waals surface area contributed by atoms with E-state index in [1.165, 1.54) is 31.3 Å². The molecule has 2 rings (SSSR count). The summed E-state index contributed by atoms with van der Waals surface area (Å²) in [6, 6.07) is 7.74. The Morgan fingerprint density at radius 1 is 1.21 bits per heavy atom. The van der Waals surface area contributed by atoms with Gasteiger partial charge in [-0.15, -0.1) is 0 Å². The van der Waals surface area contributed by atoms with Crippen molar-refractivity contribution in [2.24, 2.45) is 5.92 Å². The molecule has 0 fully saturated rings. The van der Waals surface area contributed by atoms with Crippen LogP contribution in [0.4, 0.5) is 5.69 Å². The van der Waals surface area contributed by atoms with E-state index < -0.39 is 0 Å². The average molecular weight is 330 g/mol. The fourth-order valence-corrected chi connectivity index (χ4v) is 2.67. The molecule has 1 aromatic rings. The molecule has 4 nitrogen and oxygen atoms in total. The van der Waals surface area contributed by atoms with Crippen LogP contribution in [-0.2, 0) is 4.79 Å². The highest BCUT2D eigenvalue weighted by Gasteiger charge is 2.05. The van der Waals surface area contributed by atoms with Gasteiger partial charge in [-0.1, -0.05) is 25.5 Å². The maximum Gasteiger partial charge on any atom is 0.239 e. The maximum absolute atomic E-state index is 11.9. The molecular weight excluding hydrogens is 300 g/mol. The topological polar surface area (TPSA) is 50.4 Å². The van der Waals surface area contributed by atoms with Crippen LogP contribution in [-0.4, -0.2) is 25.6 Å². The Morgan fingerprint density at radius 2 is 2.00 bits per heavy atom. The second kappa shape index (κ2) is 10.0. The lowest BCUT2D eigenvalue weighted by molar-refractivity contribution is -0.119. The van der Waals surface area contributed by atoms with Gasteiger partial charge in [-0.3, -0.25) is 4.79 Å². The van der Waals surface area contributed by atoms with E-state index in [2.05, 4.69) is 30.6 Å². The summed E-state index contributed by atoms with van der Waals surface area (Å²) in [5, 5.41) is 6.12. The van der Waals surface area contributed by atoms with Gasteiger partial charge in [0.25, 0.3) is 0 Å². The third-order valence-electron chi connectivity index (χ3n) is 4.04. The molecule has 0 radical (unpaired) electrons. The van der Waals surface area contributed by atoms with Crippen molar-refractivity contribution in [2.45, 2.75) is 46.0 Å². The number of anilines is 1. The summed E-state index contributed by atoms with van der Waals surface area (Å²) >= 11 is 0. The summed E-state index contributed by atoms with van der Waals surface area (Å²) in [5.41, 5.74) is 2.42. The summed E-state index contributed by atoms with van der Waals surface area (Å²) in [4.78, 5) is 11.9. The SMILES string of the molecule is CC(C)COc1ccc(NCC(=O)NCCC2=CCCCC2)cc1. The lowest BCUT2D eigenvalue weighted by Crippen LogP contribution is -2.30. The lowest BCUT2D eigenvalue weighted by atomic mass is 9.97. The van der Waals surface area contributed by atoms with Crippen molar-refractivity contribution in [1.29, 1.82) is 0 Å². The van der Waals surface area contributed by atoms with E-state index in [0.717, 1.165) is 24.4 Å². The highest BCUT2D eigenvalue weighted by Crippen LogP contribution is 2.19. The van der Waals surface area contributed by atoms with E-state index in [1.807, 2.05) is 24.3 Å². The minimum atomic E-state index is 0.0338. The van der Waals surface area contributed by atoms with Crippen molar-refractivity contribution in [1.82, 2.24) is 5.32 Å². The fourth-order valence-electron chi connectivity index (χ4n) is 2.67. The molecule has 0 heterocycles. The minimum absolute atomic E-state index is 0.0338. The van der Waals surface area contributed by atoms with Gasteiger partial charge in [-0.05, 0) is 62.3 Å². The van der Waals surface area contributed by atoms with Crippen LogP contribution in [0.1, 0.15) is 46.0 Å². The van der Waals surface area contributed by atoms with Crippen molar-refractivity contribution < 1.29 is 9.53 Å². The van der Waals surface area contributed by atoms with Crippen LogP contribution in [0.5, 0.6) is 5.75 Å². The van der Waals surface area contributed by atoms with Crippen LogP contribution in [0.15, 0.2) is 35.9 Å². The highest BCUT2D eigenvalue weighted by molar-refractivity contribution is 5.80. The predicted octanol–water partition coefficient (Wildman–Crippen LogP) is 4.14. The molecule has 1 aliphatic carbocycles. The molecule has 0 aromatic heterocycles. The van der Waals surface area contributed by atoms with Crippen LogP contribution in [0, 0.1) is 5.92 Å². The Balaban J connectivity index is 1.63. The Kier molecular flexibility index (Phi) is 7.66. The first-order chi connectivity index (χ1) is 11.6. The van der Waals surface area contributed by atoms with E-state index in [4.69, 9.17) is 4.74 Å². The molecule has 1 amide bonds. The molecule has 0 atom stereocenters. The first-order valence-electron chi connectivity index (χ1n) is 9.05. The monoisotopic (exact) mass is 330 g/mol. The van der Waals surface area contributed by atoms with Crippen LogP contribution in [0.3, 0.4) is 0 Å². The Bertz CT molecular complexity index is 535. The largest absolute Gasteiger partial charge is 0.493 e. The number of carbonyl (C=O) groups is 1. The second-order valence-electron chi connectivity index (χ2n) is 6.79. The molecule has 1 aliphatic rings. The molecule has 0 saturated heterocycles. The van der Waals surface area contributed by atoms with Crippen molar-refractivity contribution in [3.05, 3.63) is 35.9 Å². The smallest absolute Gasteiger partial charge is 0.239 e. The minimum Gasteiger partial charge on any atom is -0.493 e. The van der Waals surface area contributed by atoms with Gasteiger partial charge < -0.3 is 15.4 Å². The van der Waals surface area contributed by atoms with Gasteiger partial charge in [-0.25, -0.2) is 0 Å². The van der Waals surface area contributed by atoms with Gasteiger partial charge in [0.2, 0.25) is 5.91 Å². The first-order valence-corrected chi connectivity index (χ1v) is 9.05. The number of benzene rings is 1. The molecule has 0 aliphatic heterocycles. The van der Waals surface area contributed by atoms with Crippen LogP contribution in [0.25, 0.3) is 0 Å². The number of ether oxygens (including phenoxy) is 1. The number of allylic oxidation sites excluding steroid dienone is 1. The molecule has 24 heavy (non-hydrogen) atoms. The molecule has 0 saturated carbocycles. The standard InChI is InChI=1S/C20H30N2O2/c1-16(2)15-24-19-10-8-18(9-11-19)22-14-20(23)21-13-12-17-6-4-3-5-7-17/h6,8-11,16,22H,3-5,7,12-15H2,1-2H3,(H,21,23). The zero-order chi connectivity index (χ0) is 17.2. The zero-order valence-electron chi connectivity index (χ0n) is 14.9. The lowest BCUT2D eigenvalue weighted by Gasteiger charge is -2.13. The number of amides is 1. The normalized spacial score (nSPS) is 14.2. The van der Waals surface area contributed by atoms with Crippen molar-refractivity contribution >= 4 is 11.6 Å². The summed E-state index contributed by atoms with van der Waals surface area (Å²) in [6.07, 6.45) is 8.30. The molecule has 0 spiro atoms. The molecule has 0 bridgehead atoms. The van der Waals surface area contributed by atoms with Crippen LogP contribution in [0.2, 0.25) is 0 Å². The molecule has 4 heteroatoms. The molecular formula is C20H30N2O2. The van der Waals surface area contributed by atoms with E-state index in [0.29, 0.717) is 19.1 Å². The van der Waals surface area contributed by atoms with Crippen molar-refractivity contribution in [3.8, 4) is 5.75 Å². The first kappa shape index (κ1) is 18.4. The van der Waals surface area contributed by atoms with Gasteiger partial charge >= 0.3 is 0 Å². The van der Waals surface area contributed by atoms with Gasteiger partial charge in [0.15, 0.2) is 0 Å². The van der Waals surface area contributed by atoms with E-state index in [1.54, 1.807) is 0 Å². The van der Waals surface area contributed by atoms with Gasteiger partial charge in [-0.2, -0.15) is 0 Å². The number of hydrogen-bond acceptors (Lipinski definition) is 3. The fraction of sp³-hybridized carbons (Fsp3) is 0.550. The summed E-state index contributed by atoms with van der Waals surface area (Å²) in [5.74, 6) is 1.40. The van der Waals surface area contributed by atoms with Crippen LogP contribution >= 0.6 is 0 Å². The van der Waals surface area contributed by atoms with Crippen LogP contribution < -0.4 is 15.4 Å². The van der Waals surface area contributed by atoms with Gasteiger partial charge in [0.1, 0.15) is 5.75 Å².